The van der Waals surface area contributed by atoms with Crippen LogP contribution in [0.15, 0.2) is 17.0 Å². The molecule has 19 heavy (non-hydrogen) atoms. The molecular formula is C12H16O6S. The summed E-state index contributed by atoms with van der Waals surface area (Å²) in [5.74, 6) is -0.772. The smallest absolute Gasteiger partial charge is 0.307 e. The SMILES string of the molecule is CCS(=O)(=O)c1cc(OC)c(CC(=O)O)cc1OC. The Bertz CT molecular complexity index is 576. The third-order valence-corrected chi connectivity index (χ3v) is 4.37. The Labute approximate surface area is 111 Å². The van der Waals surface area contributed by atoms with E-state index in [4.69, 9.17) is 14.6 Å². The Morgan fingerprint density at radius 2 is 1.79 bits per heavy atom. The summed E-state index contributed by atoms with van der Waals surface area (Å²) in [5.41, 5.74) is 0.363. The first-order chi connectivity index (χ1) is 8.85. The standard InChI is InChI=1S/C12H16O6S/c1-4-19(15,16)11-7-9(17-2)8(6-12(13)14)5-10(11)18-3/h5,7H,4,6H2,1-3H3,(H,13,14). The monoisotopic (exact) mass is 288 g/mol. The van der Waals surface area contributed by atoms with Crippen LogP contribution in [-0.4, -0.2) is 39.5 Å². The van der Waals surface area contributed by atoms with Gasteiger partial charge in [0.05, 0.1) is 26.4 Å². The molecular weight excluding hydrogens is 272 g/mol. The van der Waals surface area contributed by atoms with Gasteiger partial charge in [-0.3, -0.25) is 4.79 Å². The molecule has 0 saturated carbocycles. The van der Waals surface area contributed by atoms with E-state index in [9.17, 15) is 13.2 Å². The summed E-state index contributed by atoms with van der Waals surface area (Å²) >= 11 is 0. The van der Waals surface area contributed by atoms with E-state index in [1.54, 1.807) is 0 Å². The Balaban J connectivity index is 3.48. The highest BCUT2D eigenvalue weighted by Crippen LogP contribution is 2.33. The largest absolute Gasteiger partial charge is 0.496 e. The summed E-state index contributed by atoms with van der Waals surface area (Å²) in [6, 6.07) is 2.69. The summed E-state index contributed by atoms with van der Waals surface area (Å²) in [6.45, 7) is 1.52. The van der Waals surface area contributed by atoms with Crippen molar-refractivity contribution in [2.75, 3.05) is 20.0 Å². The molecule has 0 aliphatic rings. The number of sulfone groups is 1. The molecule has 106 valence electrons. The van der Waals surface area contributed by atoms with Crippen molar-refractivity contribution in [3.05, 3.63) is 17.7 Å². The van der Waals surface area contributed by atoms with E-state index in [1.165, 1.54) is 33.3 Å². The second-order valence-corrected chi connectivity index (χ2v) is 6.04. The van der Waals surface area contributed by atoms with Gasteiger partial charge in [-0.15, -0.1) is 0 Å². The van der Waals surface area contributed by atoms with E-state index < -0.39 is 15.8 Å². The van der Waals surface area contributed by atoms with E-state index in [0.29, 0.717) is 5.56 Å². The molecule has 1 aromatic carbocycles. The Morgan fingerprint density at radius 1 is 1.21 bits per heavy atom. The molecule has 0 aromatic heterocycles. The number of methoxy groups -OCH3 is 2. The molecule has 1 aromatic rings. The maximum absolute atomic E-state index is 11.9. The Morgan fingerprint density at radius 3 is 2.21 bits per heavy atom. The van der Waals surface area contributed by atoms with E-state index in [0.717, 1.165) is 0 Å². The number of hydrogen-bond donors (Lipinski definition) is 1. The summed E-state index contributed by atoms with van der Waals surface area (Å²) in [5, 5.41) is 8.81. The number of benzene rings is 1. The minimum Gasteiger partial charge on any atom is -0.496 e. The zero-order valence-electron chi connectivity index (χ0n) is 11.0. The predicted molar refractivity (Wildman–Crippen MR) is 68.6 cm³/mol. The maximum Gasteiger partial charge on any atom is 0.307 e. The van der Waals surface area contributed by atoms with E-state index in [2.05, 4.69) is 0 Å². The van der Waals surface area contributed by atoms with Gasteiger partial charge in [0.15, 0.2) is 9.84 Å². The lowest BCUT2D eigenvalue weighted by Crippen LogP contribution is -2.09. The Kier molecular flexibility index (Phi) is 4.77. The van der Waals surface area contributed by atoms with E-state index in [1.807, 2.05) is 0 Å². The molecule has 0 bridgehead atoms. The van der Waals surface area contributed by atoms with Crippen LogP contribution in [0.3, 0.4) is 0 Å². The number of carboxylic acids is 1. The second kappa shape index (κ2) is 5.92. The molecule has 0 amide bonds. The highest BCUT2D eigenvalue weighted by molar-refractivity contribution is 7.91. The molecule has 0 atom stereocenters. The number of aliphatic carboxylic acids is 1. The molecule has 0 unspecified atom stereocenters. The first-order valence-corrected chi connectivity index (χ1v) is 7.20. The number of hydrogen-bond acceptors (Lipinski definition) is 5. The first kappa shape index (κ1) is 15.3. The molecule has 1 rings (SSSR count). The quantitative estimate of drug-likeness (QED) is 0.843. The van der Waals surface area contributed by atoms with Crippen molar-refractivity contribution in [2.45, 2.75) is 18.2 Å². The third-order valence-electron chi connectivity index (χ3n) is 2.62. The normalized spacial score (nSPS) is 11.1. The number of carbonyl (C=O) groups is 1. The molecule has 0 spiro atoms. The number of ether oxygens (including phenoxy) is 2. The van der Waals surface area contributed by atoms with Crippen LogP contribution in [0.2, 0.25) is 0 Å². The fourth-order valence-electron chi connectivity index (χ4n) is 1.63. The van der Waals surface area contributed by atoms with Gasteiger partial charge >= 0.3 is 5.97 Å². The maximum atomic E-state index is 11.9. The molecule has 0 saturated heterocycles. The van der Waals surface area contributed by atoms with Gasteiger partial charge in [-0.25, -0.2) is 8.42 Å². The van der Waals surface area contributed by atoms with Crippen molar-refractivity contribution in [3.8, 4) is 11.5 Å². The fourth-order valence-corrected chi connectivity index (χ4v) is 2.68. The van der Waals surface area contributed by atoms with Crippen LogP contribution in [0, 0.1) is 0 Å². The molecule has 0 aliphatic carbocycles. The van der Waals surface area contributed by atoms with Gasteiger partial charge in [-0.1, -0.05) is 6.92 Å². The van der Waals surface area contributed by atoms with Crippen LogP contribution in [0.25, 0.3) is 0 Å². The van der Waals surface area contributed by atoms with Gasteiger partial charge in [-0.05, 0) is 6.07 Å². The summed E-state index contributed by atoms with van der Waals surface area (Å²) < 4.78 is 33.9. The number of rotatable bonds is 6. The lowest BCUT2D eigenvalue weighted by Gasteiger charge is -2.13. The second-order valence-electron chi connectivity index (χ2n) is 3.79. The van der Waals surface area contributed by atoms with Crippen LogP contribution >= 0.6 is 0 Å². The molecule has 1 N–H and O–H groups in total. The third kappa shape index (κ3) is 3.37. The first-order valence-electron chi connectivity index (χ1n) is 5.55. The van der Waals surface area contributed by atoms with Gasteiger partial charge < -0.3 is 14.6 Å². The summed E-state index contributed by atoms with van der Waals surface area (Å²) in [4.78, 5) is 10.8. The van der Waals surface area contributed by atoms with Crippen molar-refractivity contribution in [1.82, 2.24) is 0 Å². The average molecular weight is 288 g/mol. The van der Waals surface area contributed by atoms with Crippen molar-refractivity contribution in [1.29, 1.82) is 0 Å². The minimum absolute atomic E-state index is 0.00323. The van der Waals surface area contributed by atoms with Crippen LogP contribution in [-0.2, 0) is 21.1 Å². The molecule has 0 fully saturated rings. The molecule has 6 nitrogen and oxygen atoms in total. The van der Waals surface area contributed by atoms with Gasteiger partial charge in [0, 0.05) is 11.6 Å². The van der Waals surface area contributed by atoms with Gasteiger partial charge in [0.2, 0.25) is 0 Å². The molecule has 0 heterocycles. The molecule has 0 aliphatic heterocycles. The topological polar surface area (TPSA) is 89.9 Å². The summed E-state index contributed by atoms with van der Waals surface area (Å²) in [7, 11) is -0.780. The minimum atomic E-state index is -3.47. The van der Waals surface area contributed by atoms with Crippen LogP contribution in [0.4, 0.5) is 0 Å². The Hall–Kier alpha value is -1.76. The van der Waals surface area contributed by atoms with Crippen LogP contribution < -0.4 is 9.47 Å². The van der Waals surface area contributed by atoms with Gasteiger partial charge in [0.25, 0.3) is 0 Å². The van der Waals surface area contributed by atoms with Gasteiger partial charge in [-0.2, -0.15) is 0 Å². The zero-order valence-corrected chi connectivity index (χ0v) is 11.8. The number of carboxylic acid groups (broad SMARTS) is 1. The predicted octanol–water partition coefficient (Wildman–Crippen LogP) is 1.12. The van der Waals surface area contributed by atoms with E-state index in [-0.39, 0.29) is 28.6 Å². The average Bonchev–Trinajstić information content (AvgIpc) is 2.37. The van der Waals surface area contributed by atoms with Crippen LogP contribution in [0.5, 0.6) is 11.5 Å². The zero-order chi connectivity index (χ0) is 14.6. The highest BCUT2D eigenvalue weighted by Gasteiger charge is 2.21. The van der Waals surface area contributed by atoms with Crippen molar-refractivity contribution >= 4 is 15.8 Å². The summed E-state index contributed by atoms with van der Waals surface area (Å²) in [6.07, 6.45) is -0.272. The van der Waals surface area contributed by atoms with Crippen molar-refractivity contribution < 1.29 is 27.8 Å². The lowest BCUT2D eigenvalue weighted by molar-refractivity contribution is -0.136. The fraction of sp³-hybridized carbons (Fsp3) is 0.417. The van der Waals surface area contributed by atoms with Crippen LogP contribution in [0.1, 0.15) is 12.5 Å². The van der Waals surface area contributed by atoms with E-state index >= 15 is 0 Å². The van der Waals surface area contributed by atoms with Crippen molar-refractivity contribution in [3.63, 3.8) is 0 Å². The molecule has 0 radical (unpaired) electrons. The highest BCUT2D eigenvalue weighted by atomic mass is 32.2. The molecule has 7 heteroatoms. The van der Waals surface area contributed by atoms with Gasteiger partial charge in [0.1, 0.15) is 16.4 Å². The van der Waals surface area contributed by atoms with Crippen molar-refractivity contribution in [2.24, 2.45) is 0 Å². The lowest BCUT2D eigenvalue weighted by atomic mass is 10.1.